The van der Waals surface area contributed by atoms with E-state index >= 15 is 0 Å². The van der Waals surface area contributed by atoms with E-state index in [-0.39, 0.29) is 35.7 Å². The number of halogens is 3. The lowest BCUT2D eigenvalue weighted by Crippen LogP contribution is -2.53. The lowest BCUT2D eigenvalue weighted by Gasteiger charge is -2.44. The fourth-order valence-corrected chi connectivity index (χ4v) is 9.34. The van der Waals surface area contributed by atoms with Crippen LogP contribution in [0.3, 0.4) is 0 Å². The fourth-order valence-electron chi connectivity index (χ4n) is 6.00. The summed E-state index contributed by atoms with van der Waals surface area (Å²) in [4.78, 5) is 17.9. The Hall–Kier alpha value is -2.13. The Labute approximate surface area is 256 Å². The van der Waals surface area contributed by atoms with Gasteiger partial charge in [-0.3, -0.25) is 4.79 Å². The molecule has 0 radical (unpaired) electrons. The molecule has 0 spiro atoms. The van der Waals surface area contributed by atoms with Crippen molar-refractivity contribution in [2.45, 2.75) is 84.6 Å². The maximum Gasteiger partial charge on any atom is 0.416 e. The summed E-state index contributed by atoms with van der Waals surface area (Å²) in [5.41, 5.74) is -1.11. The Morgan fingerprint density at radius 2 is 1.70 bits per heavy atom. The number of benzene rings is 2. The molecule has 2 aromatic carbocycles. The van der Waals surface area contributed by atoms with E-state index in [1.54, 1.807) is 29.2 Å². The second-order valence-corrected chi connectivity index (χ2v) is 16.2. The molecule has 0 bridgehead atoms. The number of carbonyl (C=O) groups is 1. The van der Waals surface area contributed by atoms with Gasteiger partial charge in [0.05, 0.1) is 21.1 Å². The first-order valence-electron chi connectivity index (χ1n) is 14.1. The normalized spacial score (nSPS) is 23.8. The van der Waals surface area contributed by atoms with E-state index < -0.39 is 60.4 Å². The van der Waals surface area contributed by atoms with E-state index in [1.807, 2.05) is 13.3 Å². The predicted molar refractivity (Wildman–Crippen MR) is 160 cm³/mol. The van der Waals surface area contributed by atoms with Gasteiger partial charge in [0.15, 0.2) is 9.84 Å². The lowest BCUT2D eigenvalue weighted by atomic mass is 9.81. The van der Waals surface area contributed by atoms with Gasteiger partial charge in [-0.15, -0.1) is 11.8 Å². The molecule has 1 saturated heterocycles. The molecule has 1 amide bonds. The standard InChI is InChI=1S/C29H38F3N3O5S3/c1-19(2)34(3)22-8-13-27(20(16-22)18-42(37,38)24-11-9-23(41-4)10-12-24)35-15-14-26(28(35)36)33-43(39,40)25-7-5-6-21(17-25)29(30,31)32/h5-7,9-12,17,19-20,22,26-27,33H,8,13-16,18H2,1-4H3/t20-,22+,26-,27-/m0/s1. The van der Waals surface area contributed by atoms with Gasteiger partial charge in [-0.1, -0.05) is 6.07 Å². The van der Waals surface area contributed by atoms with Crippen LogP contribution >= 0.6 is 11.8 Å². The Morgan fingerprint density at radius 3 is 2.30 bits per heavy atom. The van der Waals surface area contributed by atoms with Crippen LogP contribution in [-0.2, 0) is 30.8 Å². The molecular formula is C29H38F3N3O5S3. The van der Waals surface area contributed by atoms with E-state index in [9.17, 15) is 34.8 Å². The number of likely N-dealkylation sites (tertiary alicyclic amines) is 1. The number of hydrogen-bond acceptors (Lipinski definition) is 7. The molecule has 2 fully saturated rings. The van der Waals surface area contributed by atoms with Crippen LogP contribution in [0.5, 0.6) is 0 Å². The van der Waals surface area contributed by atoms with Gasteiger partial charge in [-0.2, -0.15) is 17.9 Å². The van der Waals surface area contributed by atoms with E-state index in [4.69, 9.17) is 0 Å². The minimum Gasteiger partial charge on any atom is -0.338 e. The van der Waals surface area contributed by atoms with Gasteiger partial charge >= 0.3 is 6.18 Å². The second kappa shape index (κ2) is 13.1. The monoisotopic (exact) mass is 661 g/mol. The van der Waals surface area contributed by atoms with Gasteiger partial charge in [0.2, 0.25) is 15.9 Å². The number of alkyl halides is 3. The van der Waals surface area contributed by atoms with Gasteiger partial charge in [0, 0.05) is 29.6 Å². The molecule has 8 nitrogen and oxygen atoms in total. The van der Waals surface area contributed by atoms with Crippen molar-refractivity contribution < 1.29 is 34.8 Å². The Morgan fingerprint density at radius 1 is 1.02 bits per heavy atom. The number of amides is 1. The molecule has 14 heteroatoms. The molecular weight excluding hydrogens is 624 g/mol. The molecule has 238 valence electrons. The number of hydrogen-bond donors (Lipinski definition) is 1. The third kappa shape index (κ3) is 7.75. The molecule has 1 aliphatic heterocycles. The number of sulfonamides is 1. The maximum absolute atomic E-state index is 13.6. The zero-order valence-electron chi connectivity index (χ0n) is 24.5. The number of nitrogens with one attached hydrogen (secondary N) is 1. The second-order valence-electron chi connectivity index (χ2n) is 11.5. The summed E-state index contributed by atoms with van der Waals surface area (Å²) in [6, 6.07) is 8.85. The molecule has 1 aliphatic carbocycles. The van der Waals surface area contributed by atoms with Gasteiger partial charge < -0.3 is 9.80 Å². The predicted octanol–water partition coefficient (Wildman–Crippen LogP) is 4.66. The molecule has 43 heavy (non-hydrogen) atoms. The molecule has 2 aliphatic rings. The third-order valence-corrected chi connectivity index (χ3v) is 12.6. The third-order valence-electron chi connectivity index (χ3n) is 8.57. The molecule has 1 saturated carbocycles. The van der Waals surface area contributed by atoms with Crippen LogP contribution in [0.15, 0.2) is 63.2 Å². The number of nitrogens with zero attached hydrogens (tertiary/aromatic N) is 2. The first-order chi connectivity index (χ1) is 20.0. The van der Waals surface area contributed by atoms with Gasteiger partial charge in [0.25, 0.3) is 0 Å². The highest BCUT2D eigenvalue weighted by Gasteiger charge is 2.45. The topological polar surface area (TPSA) is 104 Å². The highest BCUT2D eigenvalue weighted by Crippen LogP contribution is 2.36. The van der Waals surface area contributed by atoms with Crippen molar-refractivity contribution in [3.05, 3.63) is 54.1 Å². The summed E-state index contributed by atoms with van der Waals surface area (Å²) in [5, 5.41) is 0. The van der Waals surface area contributed by atoms with Gasteiger partial charge in [0.1, 0.15) is 6.04 Å². The largest absolute Gasteiger partial charge is 0.416 e. The first kappa shape index (κ1) is 33.8. The first-order valence-corrected chi connectivity index (χ1v) is 18.5. The lowest BCUT2D eigenvalue weighted by molar-refractivity contribution is -0.137. The number of carbonyl (C=O) groups excluding carboxylic acids is 1. The molecule has 4 rings (SSSR count). The Kier molecular flexibility index (Phi) is 10.3. The van der Waals surface area contributed by atoms with Crippen LogP contribution in [0.2, 0.25) is 0 Å². The summed E-state index contributed by atoms with van der Waals surface area (Å²) < 4.78 is 94.9. The van der Waals surface area contributed by atoms with Crippen LogP contribution < -0.4 is 4.72 Å². The summed E-state index contributed by atoms with van der Waals surface area (Å²) >= 11 is 1.51. The summed E-state index contributed by atoms with van der Waals surface area (Å²) in [5.74, 6) is -1.06. The van der Waals surface area contributed by atoms with Crippen molar-refractivity contribution in [3.8, 4) is 0 Å². The zero-order valence-corrected chi connectivity index (χ0v) is 27.0. The van der Waals surface area contributed by atoms with Gasteiger partial charge in [-0.05, 0) is 101 Å². The Bertz CT molecular complexity index is 1520. The summed E-state index contributed by atoms with van der Waals surface area (Å²) in [6.07, 6.45) is -0.860. The van der Waals surface area contributed by atoms with Crippen molar-refractivity contribution in [1.29, 1.82) is 0 Å². The van der Waals surface area contributed by atoms with Crippen molar-refractivity contribution in [2.24, 2.45) is 5.92 Å². The highest BCUT2D eigenvalue weighted by atomic mass is 32.2. The number of thioether (sulfide) groups is 1. The van der Waals surface area contributed by atoms with Crippen LogP contribution in [0.4, 0.5) is 13.2 Å². The average molecular weight is 662 g/mol. The average Bonchev–Trinajstić information content (AvgIpc) is 3.30. The van der Waals surface area contributed by atoms with Crippen molar-refractivity contribution in [2.75, 3.05) is 25.6 Å². The van der Waals surface area contributed by atoms with Crippen molar-refractivity contribution >= 4 is 37.5 Å². The Balaban J connectivity index is 1.55. The molecule has 2 aromatic rings. The van der Waals surface area contributed by atoms with E-state index in [0.29, 0.717) is 18.9 Å². The molecule has 1 heterocycles. The SMILES string of the molecule is CSc1ccc(S(=O)(=O)C[C@@H]2C[C@H](N(C)C(C)C)CC[C@@H]2N2CC[C@H](NS(=O)(=O)c3cccc(C(F)(F)F)c3)C2=O)cc1. The summed E-state index contributed by atoms with van der Waals surface area (Å²) in [7, 11) is -6.12. The molecule has 0 unspecified atom stereocenters. The van der Waals surface area contributed by atoms with Crippen LogP contribution in [0, 0.1) is 5.92 Å². The number of rotatable bonds is 10. The minimum atomic E-state index is -4.72. The van der Waals surface area contributed by atoms with E-state index in [2.05, 4.69) is 23.5 Å². The molecule has 4 atom stereocenters. The van der Waals surface area contributed by atoms with Crippen LogP contribution in [0.25, 0.3) is 0 Å². The summed E-state index contributed by atoms with van der Waals surface area (Å²) in [6.45, 7) is 4.34. The van der Waals surface area contributed by atoms with E-state index in [1.165, 1.54) is 11.8 Å². The molecule has 1 N–H and O–H groups in total. The minimum absolute atomic E-state index is 0.114. The van der Waals surface area contributed by atoms with Crippen LogP contribution in [0.1, 0.15) is 45.1 Å². The molecule has 0 aromatic heterocycles. The zero-order chi connectivity index (χ0) is 31.7. The number of sulfone groups is 1. The maximum atomic E-state index is 13.6. The van der Waals surface area contributed by atoms with E-state index in [0.717, 1.165) is 29.5 Å². The van der Waals surface area contributed by atoms with Gasteiger partial charge in [-0.25, -0.2) is 16.8 Å². The van der Waals surface area contributed by atoms with Crippen molar-refractivity contribution in [1.82, 2.24) is 14.5 Å². The van der Waals surface area contributed by atoms with Crippen molar-refractivity contribution in [3.63, 3.8) is 0 Å². The smallest absolute Gasteiger partial charge is 0.338 e. The fraction of sp³-hybridized carbons (Fsp3) is 0.552. The highest BCUT2D eigenvalue weighted by molar-refractivity contribution is 7.98. The quantitative estimate of drug-likeness (QED) is 0.370. The van der Waals surface area contributed by atoms with Crippen LogP contribution in [-0.4, -0.2) is 82.3 Å².